The Morgan fingerprint density at radius 3 is 2.34 bits per heavy atom. The summed E-state index contributed by atoms with van der Waals surface area (Å²) in [7, 11) is 0. The summed E-state index contributed by atoms with van der Waals surface area (Å²) in [6.07, 6.45) is 0.0464. The van der Waals surface area contributed by atoms with Gasteiger partial charge in [0.25, 0.3) is 11.8 Å². The number of pyridine rings is 1. The minimum atomic E-state index is -1.05. The number of carbonyl (C=O) groups excluding carboxylic acids is 3. The Morgan fingerprint density at radius 2 is 1.76 bits per heavy atom. The SMILES string of the molecule is Cc1cc(Cc2ccccc2)c([N+](=O)[O-])c(=O)n1CC(=O)ON1C(=O)CCC1=O. The van der Waals surface area contributed by atoms with Gasteiger partial charge in [-0.3, -0.25) is 29.1 Å². The average molecular weight is 399 g/mol. The number of hydrogen-bond donors (Lipinski definition) is 0. The zero-order valence-corrected chi connectivity index (χ0v) is 15.5. The van der Waals surface area contributed by atoms with Crippen molar-refractivity contribution in [3.05, 3.63) is 73.7 Å². The van der Waals surface area contributed by atoms with E-state index in [2.05, 4.69) is 0 Å². The lowest BCUT2D eigenvalue weighted by Gasteiger charge is -2.15. The molecule has 10 nitrogen and oxygen atoms in total. The number of imide groups is 1. The molecule has 29 heavy (non-hydrogen) atoms. The first-order chi connectivity index (χ1) is 13.8. The van der Waals surface area contributed by atoms with Crippen molar-refractivity contribution < 1.29 is 24.1 Å². The van der Waals surface area contributed by atoms with Crippen LogP contribution in [-0.2, 0) is 32.2 Å². The van der Waals surface area contributed by atoms with Crippen molar-refractivity contribution in [1.29, 1.82) is 0 Å². The van der Waals surface area contributed by atoms with E-state index in [1.807, 2.05) is 6.07 Å². The first-order valence-corrected chi connectivity index (χ1v) is 8.76. The number of hydroxylamine groups is 2. The van der Waals surface area contributed by atoms with Crippen molar-refractivity contribution >= 4 is 23.5 Å². The van der Waals surface area contributed by atoms with Crippen molar-refractivity contribution in [2.45, 2.75) is 32.7 Å². The summed E-state index contributed by atoms with van der Waals surface area (Å²) in [5.41, 5.74) is -0.282. The fourth-order valence-electron chi connectivity index (χ4n) is 3.08. The fourth-order valence-corrected chi connectivity index (χ4v) is 3.08. The van der Waals surface area contributed by atoms with Gasteiger partial charge in [-0.1, -0.05) is 30.3 Å². The van der Waals surface area contributed by atoms with E-state index in [4.69, 9.17) is 4.84 Å². The number of aryl methyl sites for hydroxylation is 1. The highest BCUT2D eigenvalue weighted by molar-refractivity contribution is 6.01. The summed E-state index contributed by atoms with van der Waals surface area (Å²) in [5.74, 6) is -2.36. The summed E-state index contributed by atoms with van der Waals surface area (Å²) in [4.78, 5) is 63.4. The molecule has 1 fully saturated rings. The second-order valence-electron chi connectivity index (χ2n) is 6.52. The summed E-state index contributed by atoms with van der Waals surface area (Å²) in [6.45, 7) is 0.854. The number of nitro groups is 1. The molecule has 0 bridgehead atoms. The van der Waals surface area contributed by atoms with E-state index < -0.39 is 40.5 Å². The summed E-state index contributed by atoms with van der Waals surface area (Å²) < 4.78 is 0.889. The summed E-state index contributed by atoms with van der Waals surface area (Å²) >= 11 is 0. The molecule has 3 rings (SSSR count). The van der Waals surface area contributed by atoms with Gasteiger partial charge in [0.15, 0.2) is 0 Å². The standard InChI is InChI=1S/C19H17N3O7/c1-12-9-14(10-13-5-3-2-4-6-13)18(22(27)28)19(26)20(12)11-17(25)29-21-15(23)7-8-16(21)24/h2-6,9H,7-8,10-11H2,1H3. The van der Waals surface area contributed by atoms with Crippen LogP contribution in [-0.4, -0.2) is 32.3 Å². The maximum Gasteiger partial charge on any atom is 0.352 e. The monoisotopic (exact) mass is 399 g/mol. The number of aromatic nitrogens is 1. The lowest BCUT2D eigenvalue weighted by Crippen LogP contribution is -2.36. The second kappa shape index (κ2) is 8.05. The Labute approximate surface area is 164 Å². The molecule has 2 amide bonds. The van der Waals surface area contributed by atoms with E-state index in [0.717, 1.165) is 10.1 Å². The lowest BCUT2D eigenvalue weighted by atomic mass is 10.0. The summed E-state index contributed by atoms with van der Waals surface area (Å²) in [5, 5.41) is 11.9. The molecule has 0 aliphatic carbocycles. The van der Waals surface area contributed by atoms with Crippen LogP contribution in [0.25, 0.3) is 0 Å². The van der Waals surface area contributed by atoms with Crippen LogP contribution in [0.4, 0.5) is 5.69 Å². The highest BCUT2D eigenvalue weighted by Gasteiger charge is 2.33. The van der Waals surface area contributed by atoms with Crippen molar-refractivity contribution in [2.75, 3.05) is 0 Å². The van der Waals surface area contributed by atoms with Crippen LogP contribution in [0.15, 0.2) is 41.2 Å². The molecule has 1 saturated heterocycles. The molecule has 2 aromatic rings. The van der Waals surface area contributed by atoms with Crippen LogP contribution in [0, 0.1) is 17.0 Å². The van der Waals surface area contributed by atoms with Crippen molar-refractivity contribution in [1.82, 2.24) is 9.63 Å². The maximum absolute atomic E-state index is 12.7. The van der Waals surface area contributed by atoms with Crippen LogP contribution in [0.3, 0.4) is 0 Å². The third-order valence-electron chi connectivity index (χ3n) is 4.47. The quantitative estimate of drug-likeness (QED) is 0.406. The van der Waals surface area contributed by atoms with Crippen molar-refractivity contribution in [3.63, 3.8) is 0 Å². The molecule has 0 unspecified atom stereocenters. The predicted molar refractivity (Wildman–Crippen MR) is 98.5 cm³/mol. The van der Waals surface area contributed by atoms with Gasteiger partial charge in [-0.25, -0.2) is 4.79 Å². The minimum absolute atomic E-state index is 0.0647. The van der Waals surface area contributed by atoms with Crippen LogP contribution >= 0.6 is 0 Å². The largest absolute Gasteiger partial charge is 0.352 e. The zero-order chi connectivity index (χ0) is 21.1. The summed E-state index contributed by atoms with van der Waals surface area (Å²) in [6, 6.07) is 10.4. The van der Waals surface area contributed by atoms with E-state index >= 15 is 0 Å². The Bertz CT molecular complexity index is 1040. The topological polar surface area (TPSA) is 129 Å². The fraction of sp³-hybridized carbons (Fsp3) is 0.263. The average Bonchev–Trinajstić information content (AvgIpc) is 2.97. The maximum atomic E-state index is 12.7. The third kappa shape index (κ3) is 4.21. The van der Waals surface area contributed by atoms with Gasteiger partial charge >= 0.3 is 17.2 Å². The molecule has 1 aromatic carbocycles. The number of carbonyl (C=O) groups is 3. The predicted octanol–water partition coefficient (Wildman–Crippen LogP) is 1.26. The molecule has 2 heterocycles. The van der Waals surface area contributed by atoms with Gasteiger partial charge in [0.1, 0.15) is 6.54 Å². The van der Waals surface area contributed by atoms with E-state index in [1.165, 1.54) is 13.0 Å². The minimum Gasteiger partial charge on any atom is -0.328 e. The third-order valence-corrected chi connectivity index (χ3v) is 4.47. The Morgan fingerprint density at radius 1 is 1.14 bits per heavy atom. The van der Waals surface area contributed by atoms with E-state index in [9.17, 15) is 29.3 Å². The molecule has 0 N–H and O–H groups in total. The molecule has 0 radical (unpaired) electrons. The molecule has 1 aliphatic heterocycles. The molecule has 0 saturated carbocycles. The van der Waals surface area contributed by atoms with Gasteiger partial charge < -0.3 is 4.84 Å². The van der Waals surface area contributed by atoms with Crippen molar-refractivity contribution in [3.8, 4) is 0 Å². The Balaban J connectivity index is 1.89. The van der Waals surface area contributed by atoms with E-state index in [0.29, 0.717) is 10.8 Å². The number of benzene rings is 1. The first-order valence-electron chi connectivity index (χ1n) is 8.76. The molecule has 1 aromatic heterocycles. The van der Waals surface area contributed by atoms with Gasteiger partial charge in [-0.15, -0.1) is 5.06 Å². The number of amides is 2. The molecule has 0 spiro atoms. The molecule has 10 heteroatoms. The Kier molecular flexibility index (Phi) is 5.53. The van der Waals surface area contributed by atoms with Gasteiger partial charge in [0.05, 0.1) is 4.92 Å². The zero-order valence-electron chi connectivity index (χ0n) is 15.5. The Hall–Kier alpha value is -3.82. The van der Waals surface area contributed by atoms with E-state index in [-0.39, 0.29) is 24.8 Å². The van der Waals surface area contributed by atoms with Gasteiger partial charge in [-0.05, 0) is 18.6 Å². The molecule has 1 aliphatic rings. The molecular weight excluding hydrogens is 382 g/mol. The van der Waals surface area contributed by atoms with Crippen LogP contribution in [0.1, 0.15) is 29.7 Å². The number of nitrogens with zero attached hydrogens (tertiary/aromatic N) is 3. The smallest absolute Gasteiger partial charge is 0.328 e. The molecular formula is C19H17N3O7. The number of hydrogen-bond acceptors (Lipinski definition) is 7. The lowest BCUT2D eigenvalue weighted by molar-refractivity contribution is -0.387. The normalized spacial score (nSPS) is 13.6. The van der Waals surface area contributed by atoms with Gasteiger partial charge in [0, 0.05) is 30.5 Å². The molecule has 150 valence electrons. The second-order valence-corrected chi connectivity index (χ2v) is 6.52. The van der Waals surface area contributed by atoms with Gasteiger partial charge in [-0.2, -0.15) is 0 Å². The highest BCUT2D eigenvalue weighted by Crippen LogP contribution is 2.20. The van der Waals surface area contributed by atoms with Crippen LogP contribution < -0.4 is 5.56 Å². The first kappa shape index (κ1) is 19.9. The van der Waals surface area contributed by atoms with Crippen molar-refractivity contribution in [2.24, 2.45) is 0 Å². The van der Waals surface area contributed by atoms with Crippen LogP contribution in [0.2, 0.25) is 0 Å². The highest BCUT2D eigenvalue weighted by atomic mass is 16.7. The van der Waals surface area contributed by atoms with E-state index in [1.54, 1.807) is 24.3 Å². The molecule has 0 atom stereocenters. The van der Waals surface area contributed by atoms with Crippen LogP contribution in [0.5, 0.6) is 0 Å². The number of rotatable bonds is 6. The van der Waals surface area contributed by atoms with Gasteiger partial charge in [0.2, 0.25) is 0 Å².